The van der Waals surface area contributed by atoms with Gasteiger partial charge in [-0.2, -0.15) is 5.10 Å². The molecule has 0 spiro atoms. The molecule has 0 bridgehead atoms. The lowest BCUT2D eigenvalue weighted by Crippen LogP contribution is -2.28. The molecule has 36 heavy (non-hydrogen) atoms. The average molecular weight is 485 g/mol. The molecule has 4 aromatic rings. The number of nitrogens with zero attached hydrogens (tertiary/aromatic N) is 2. The summed E-state index contributed by atoms with van der Waals surface area (Å²) in [7, 11) is 1.58. The first-order valence-corrected chi connectivity index (χ1v) is 11.2. The van der Waals surface area contributed by atoms with Gasteiger partial charge in [0.15, 0.2) is 18.1 Å². The summed E-state index contributed by atoms with van der Waals surface area (Å²) in [6, 6.07) is 22.0. The van der Waals surface area contributed by atoms with Crippen LogP contribution in [-0.4, -0.2) is 42.2 Å². The number of hydrogen-bond donors (Lipinski definition) is 1. The highest BCUT2D eigenvalue weighted by Gasteiger charge is 2.21. The van der Waals surface area contributed by atoms with E-state index in [4.69, 9.17) is 18.9 Å². The van der Waals surface area contributed by atoms with Gasteiger partial charge >= 0.3 is 5.97 Å². The quantitative estimate of drug-likeness (QED) is 0.379. The van der Waals surface area contributed by atoms with Gasteiger partial charge < -0.3 is 24.3 Å². The highest BCUT2D eigenvalue weighted by atomic mass is 16.7. The Labute approximate surface area is 207 Å². The molecule has 0 atom stereocenters. The van der Waals surface area contributed by atoms with Crippen LogP contribution in [0.2, 0.25) is 0 Å². The van der Waals surface area contributed by atoms with E-state index in [1.165, 1.54) is 0 Å². The predicted molar refractivity (Wildman–Crippen MR) is 130 cm³/mol. The monoisotopic (exact) mass is 485 g/mol. The Balaban J connectivity index is 1.28. The number of benzene rings is 3. The number of para-hydroxylation sites is 1. The third-order valence-electron chi connectivity index (χ3n) is 5.58. The number of amides is 1. The third-order valence-corrected chi connectivity index (χ3v) is 5.58. The topological polar surface area (TPSA) is 101 Å². The van der Waals surface area contributed by atoms with Gasteiger partial charge in [-0.15, -0.1) is 0 Å². The number of esters is 1. The fraction of sp³-hybridized carbons (Fsp3) is 0.148. The zero-order chi connectivity index (χ0) is 24.9. The van der Waals surface area contributed by atoms with E-state index in [9.17, 15) is 9.59 Å². The Morgan fingerprint density at radius 1 is 1.00 bits per heavy atom. The first-order valence-electron chi connectivity index (χ1n) is 11.2. The van der Waals surface area contributed by atoms with Gasteiger partial charge in [-0.25, -0.2) is 9.48 Å². The smallest absolute Gasteiger partial charge is 0.342 e. The first kappa shape index (κ1) is 23.0. The average Bonchev–Trinajstić information content (AvgIpc) is 3.58. The number of carbonyl (C=O) groups is 2. The molecule has 0 unspecified atom stereocenters. The first-order chi connectivity index (χ1) is 17.6. The number of fused-ring (bicyclic) bond motifs is 1. The number of ether oxygens (including phenoxy) is 4. The zero-order valence-electron chi connectivity index (χ0n) is 19.5. The molecule has 1 aliphatic rings. The van der Waals surface area contributed by atoms with E-state index in [0.717, 1.165) is 11.3 Å². The molecule has 0 fully saturated rings. The van der Waals surface area contributed by atoms with Gasteiger partial charge in [-0.3, -0.25) is 4.79 Å². The summed E-state index contributed by atoms with van der Waals surface area (Å²) < 4.78 is 22.8. The van der Waals surface area contributed by atoms with Gasteiger partial charge in [-0.05, 0) is 54.1 Å². The maximum Gasteiger partial charge on any atom is 0.342 e. The summed E-state index contributed by atoms with van der Waals surface area (Å²) in [4.78, 5) is 25.4. The van der Waals surface area contributed by atoms with E-state index in [-0.39, 0.29) is 18.9 Å². The predicted octanol–water partition coefficient (Wildman–Crippen LogP) is 3.75. The van der Waals surface area contributed by atoms with E-state index in [2.05, 4.69) is 10.4 Å². The summed E-state index contributed by atoms with van der Waals surface area (Å²) >= 11 is 0. The lowest BCUT2D eigenvalue weighted by atomic mass is 10.1. The number of hydrogen-bond acceptors (Lipinski definition) is 7. The molecule has 1 N–H and O–H groups in total. The molecule has 0 radical (unpaired) electrons. The van der Waals surface area contributed by atoms with Crippen LogP contribution in [-0.2, 0) is 16.1 Å². The minimum atomic E-state index is -0.652. The lowest BCUT2D eigenvalue weighted by Gasteiger charge is -2.08. The second-order valence-corrected chi connectivity index (χ2v) is 7.94. The van der Waals surface area contributed by atoms with E-state index >= 15 is 0 Å². The molecule has 9 heteroatoms. The molecule has 9 nitrogen and oxygen atoms in total. The molecule has 0 saturated heterocycles. The summed E-state index contributed by atoms with van der Waals surface area (Å²) in [5, 5.41) is 7.35. The summed E-state index contributed by atoms with van der Waals surface area (Å²) in [5.74, 6) is 0.908. The van der Waals surface area contributed by atoms with Gasteiger partial charge in [0.1, 0.15) is 17.0 Å². The molecular weight excluding hydrogens is 462 g/mol. The van der Waals surface area contributed by atoms with Crippen LogP contribution in [0.3, 0.4) is 0 Å². The van der Waals surface area contributed by atoms with E-state index in [0.29, 0.717) is 28.5 Å². The van der Waals surface area contributed by atoms with Crippen LogP contribution < -0.4 is 19.5 Å². The van der Waals surface area contributed by atoms with Gasteiger partial charge in [0, 0.05) is 18.3 Å². The number of aromatic nitrogens is 2. The zero-order valence-corrected chi connectivity index (χ0v) is 19.5. The third kappa shape index (κ3) is 5.00. The Hall–Kier alpha value is -4.79. The minimum Gasteiger partial charge on any atom is -0.497 e. The van der Waals surface area contributed by atoms with Crippen molar-refractivity contribution in [3.8, 4) is 34.2 Å². The van der Waals surface area contributed by atoms with Crippen molar-refractivity contribution in [2.75, 3.05) is 20.5 Å². The fourth-order valence-corrected chi connectivity index (χ4v) is 3.71. The van der Waals surface area contributed by atoms with E-state index in [1.807, 2.05) is 48.5 Å². The molecule has 1 amide bonds. The van der Waals surface area contributed by atoms with Gasteiger partial charge in [0.25, 0.3) is 5.91 Å². The number of nitrogens with one attached hydrogen (secondary N) is 1. The molecule has 3 aromatic carbocycles. The second kappa shape index (κ2) is 10.2. The van der Waals surface area contributed by atoms with Crippen molar-refractivity contribution in [1.29, 1.82) is 0 Å². The van der Waals surface area contributed by atoms with Crippen LogP contribution in [0.1, 0.15) is 15.9 Å². The summed E-state index contributed by atoms with van der Waals surface area (Å²) in [6.07, 6.45) is 1.60. The Kier molecular flexibility index (Phi) is 6.53. The molecule has 2 heterocycles. The Morgan fingerprint density at radius 3 is 2.56 bits per heavy atom. The highest BCUT2D eigenvalue weighted by molar-refractivity contribution is 5.97. The summed E-state index contributed by atoms with van der Waals surface area (Å²) in [5.41, 5.74) is 3.02. The van der Waals surface area contributed by atoms with E-state index in [1.54, 1.807) is 42.3 Å². The molecule has 0 saturated carbocycles. The molecule has 1 aromatic heterocycles. The van der Waals surface area contributed by atoms with Crippen LogP contribution in [0.15, 0.2) is 79.0 Å². The fourth-order valence-electron chi connectivity index (χ4n) is 3.71. The molecule has 0 aliphatic carbocycles. The van der Waals surface area contributed by atoms with Crippen molar-refractivity contribution >= 4 is 11.9 Å². The second-order valence-electron chi connectivity index (χ2n) is 7.94. The largest absolute Gasteiger partial charge is 0.497 e. The number of methoxy groups -OCH3 is 1. The van der Waals surface area contributed by atoms with Gasteiger partial charge in [-0.1, -0.05) is 24.3 Å². The van der Waals surface area contributed by atoms with Gasteiger partial charge in [0.2, 0.25) is 6.79 Å². The van der Waals surface area contributed by atoms with E-state index < -0.39 is 18.5 Å². The minimum absolute atomic E-state index is 0.181. The molecule has 5 rings (SSSR count). The summed E-state index contributed by atoms with van der Waals surface area (Å²) in [6.45, 7) is 0.0124. The Bertz CT molecular complexity index is 1380. The Morgan fingerprint density at radius 2 is 1.78 bits per heavy atom. The molecular formula is C27H23N3O6. The number of rotatable bonds is 8. The SMILES string of the molecule is COc1ccc(-c2nn(-c3ccccc3)cc2C(=O)OCC(=O)NCc2ccc3c(c2)OCO3)cc1. The van der Waals surface area contributed by atoms with Crippen molar-refractivity contribution in [2.45, 2.75) is 6.54 Å². The molecule has 182 valence electrons. The van der Waals surface area contributed by atoms with Crippen LogP contribution >= 0.6 is 0 Å². The van der Waals surface area contributed by atoms with Gasteiger partial charge in [0.05, 0.1) is 12.8 Å². The van der Waals surface area contributed by atoms with Crippen molar-refractivity contribution in [3.63, 3.8) is 0 Å². The maximum atomic E-state index is 13.0. The highest BCUT2D eigenvalue weighted by Crippen LogP contribution is 2.32. The van der Waals surface area contributed by atoms with Crippen LogP contribution in [0.5, 0.6) is 17.2 Å². The van der Waals surface area contributed by atoms with Crippen LogP contribution in [0.25, 0.3) is 16.9 Å². The maximum absolute atomic E-state index is 13.0. The van der Waals surface area contributed by atoms with Crippen LogP contribution in [0, 0.1) is 0 Å². The van der Waals surface area contributed by atoms with Crippen LogP contribution in [0.4, 0.5) is 0 Å². The number of carbonyl (C=O) groups excluding carboxylic acids is 2. The van der Waals surface area contributed by atoms with Crippen molar-refractivity contribution in [1.82, 2.24) is 15.1 Å². The molecule has 1 aliphatic heterocycles. The van der Waals surface area contributed by atoms with Crippen molar-refractivity contribution in [3.05, 3.63) is 90.1 Å². The van der Waals surface area contributed by atoms with Crippen molar-refractivity contribution < 1.29 is 28.5 Å². The lowest BCUT2D eigenvalue weighted by molar-refractivity contribution is -0.124. The standard InChI is InChI=1S/C27H23N3O6/c1-33-21-10-8-19(9-11-21)26-22(15-30(29-26)20-5-3-2-4-6-20)27(32)34-16-25(31)28-14-18-7-12-23-24(13-18)36-17-35-23/h2-13,15H,14,16-17H2,1H3,(H,28,31). The van der Waals surface area contributed by atoms with Crippen molar-refractivity contribution in [2.24, 2.45) is 0 Å². The normalized spacial score (nSPS) is 11.7.